The molecule has 0 spiro atoms. The Labute approximate surface area is 207 Å². The highest BCUT2D eigenvalue weighted by atomic mass is 19.4. The Hall–Kier alpha value is -3.34. The van der Waals surface area contributed by atoms with Crippen molar-refractivity contribution in [2.24, 2.45) is 23.1 Å². The maximum atomic E-state index is 13.3. The van der Waals surface area contributed by atoms with Gasteiger partial charge in [0.25, 0.3) is 0 Å². The molecule has 0 saturated carbocycles. The molecule has 0 bridgehead atoms. The molecule has 10 heteroatoms. The van der Waals surface area contributed by atoms with Crippen LogP contribution in [0.2, 0.25) is 0 Å². The largest absolute Gasteiger partial charge is 0.416 e. The summed E-state index contributed by atoms with van der Waals surface area (Å²) in [6, 6.07) is 11.9. The minimum atomic E-state index is -4.47. The molecule has 3 aromatic rings. The molecule has 0 radical (unpaired) electrons. The molecule has 36 heavy (non-hydrogen) atoms. The van der Waals surface area contributed by atoms with E-state index in [1.807, 2.05) is 30.3 Å². The van der Waals surface area contributed by atoms with E-state index in [9.17, 15) is 22.8 Å². The average Bonchev–Trinajstić information content (AvgIpc) is 2.86. The lowest BCUT2D eigenvalue weighted by molar-refractivity contribution is -0.137. The number of benzene rings is 2. The number of carbonyl (C=O) groups is 2. The van der Waals surface area contributed by atoms with Gasteiger partial charge in [0.05, 0.1) is 23.2 Å². The van der Waals surface area contributed by atoms with Crippen molar-refractivity contribution in [2.75, 3.05) is 13.1 Å². The standard InChI is InChI=1S/C26H30F3N5O2/c27-26(28,29)20-7-5-16(6-8-20)11-23(34-25(36)21(32)10-18(13-30)14-31)24(35)12-17-9-19-3-1-2-4-22(19)33-15-17/h1-9,15,18,21,23H,10-14,30-32H2,(H,34,36)/t21-,23+/m0/s1. The molecule has 0 fully saturated rings. The van der Waals surface area contributed by atoms with E-state index in [2.05, 4.69) is 10.3 Å². The first-order valence-electron chi connectivity index (χ1n) is 11.6. The molecule has 2 aromatic carbocycles. The molecule has 0 saturated heterocycles. The number of nitrogens with one attached hydrogen (secondary N) is 1. The molecule has 7 nitrogen and oxygen atoms in total. The molecule has 0 aliphatic rings. The second-order valence-corrected chi connectivity index (χ2v) is 8.82. The van der Waals surface area contributed by atoms with Gasteiger partial charge >= 0.3 is 6.18 Å². The summed E-state index contributed by atoms with van der Waals surface area (Å²) < 4.78 is 38.8. The molecule has 1 heterocycles. The van der Waals surface area contributed by atoms with Crippen molar-refractivity contribution < 1.29 is 22.8 Å². The predicted molar refractivity (Wildman–Crippen MR) is 132 cm³/mol. The van der Waals surface area contributed by atoms with Gasteiger partial charge in [0.15, 0.2) is 5.78 Å². The fourth-order valence-corrected chi connectivity index (χ4v) is 3.88. The smallest absolute Gasteiger partial charge is 0.345 e. The Morgan fingerprint density at radius 1 is 0.972 bits per heavy atom. The van der Waals surface area contributed by atoms with Crippen molar-refractivity contribution >= 4 is 22.6 Å². The van der Waals surface area contributed by atoms with Crippen molar-refractivity contribution in [1.29, 1.82) is 0 Å². The predicted octanol–water partition coefficient (Wildman–Crippen LogP) is 2.34. The number of hydrogen-bond acceptors (Lipinski definition) is 6. The van der Waals surface area contributed by atoms with Crippen molar-refractivity contribution in [1.82, 2.24) is 10.3 Å². The first-order chi connectivity index (χ1) is 17.1. The lowest BCUT2D eigenvalue weighted by atomic mass is 9.95. The SMILES string of the molecule is NCC(CN)C[C@H](N)C(=O)N[C@H](Cc1ccc(C(F)(F)F)cc1)C(=O)Cc1cnc2ccccc2c1. The fourth-order valence-electron chi connectivity index (χ4n) is 3.88. The van der Waals surface area contributed by atoms with E-state index >= 15 is 0 Å². The minimum absolute atomic E-state index is 0.00759. The zero-order valence-electron chi connectivity index (χ0n) is 19.7. The van der Waals surface area contributed by atoms with E-state index in [0.717, 1.165) is 23.0 Å². The van der Waals surface area contributed by atoms with E-state index in [4.69, 9.17) is 17.2 Å². The Morgan fingerprint density at radius 3 is 2.28 bits per heavy atom. The normalized spacial score (nSPS) is 13.5. The monoisotopic (exact) mass is 501 g/mol. The topological polar surface area (TPSA) is 137 Å². The van der Waals surface area contributed by atoms with Gasteiger partial charge in [0.1, 0.15) is 0 Å². The number of amides is 1. The van der Waals surface area contributed by atoms with Gasteiger partial charge in [-0.25, -0.2) is 0 Å². The third-order valence-electron chi connectivity index (χ3n) is 6.04. The second-order valence-electron chi connectivity index (χ2n) is 8.82. The van der Waals surface area contributed by atoms with Crippen molar-refractivity contribution in [3.05, 3.63) is 77.5 Å². The Bertz CT molecular complexity index is 1180. The molecule has 192 valence electrons. The number of para-hydroxylation sites is 1. The summed E-state index contributed by atoms with van der Waals surface area (Å²) in [4.78, 5) is 30.4. The molecule has 1 aromatic heterocycles. The maximum absolute atomic E-state index is 13.3. The molecule has 7 N–H and O–H groups in total. The number of fused-ring (bicyclic) bond motifs is 1. The van der Waals surface area contributed by atoms with Gasteiger partial charge in [-0.15, -0.1) is 0 Å². The van der Waals surface area contributed by atoms with Crippen LogP contribution in [0.3, 0.4) is 0 Å². The van der Waals surface area contributed by atoms with Crippen LogP contribution < -0.4 is 22.5 Å². The number of ketones is 1. The van der Waals surface area contributed by atoms with Gasteiger partial charge in [0, 0.05) is 18.0 Å². The number of hydrogen-bond donors (Lipinski definition) is 4. The van der Waals surface area contributed by atoms with Crippen molar-refractivity contribution in [3.8, 4) is 0 Å². The van der Waals surface area contributed by atoms with Gasteiger partial charge in [0.2, 0.25) is 5.91 Å². The number of alkyl halides is 3. The fraction of sp³-hybridized carbons (Fsp3) is 0.346. The highest BCUT2D eigenvalue weighted by Crippen LogP contribution is 2.29. The molecule has 0 aliphatic carbocycles. The average molecular weight is 502 g/mol. The van der Waals surface area contributed by atoms with Crippen molar-refractivity contribution in [3.63, 3.8) is 0 Å². The first-order valence-corrected chi connectivity index (χ1v) is 11.6. The summed E-state index contributed by atoms with van der Waals surface area (Å²) in [6.07, 6.45) is -2.65. The van der Waals surface area contributed by atoms with Crippen LogP contribution in [0.5, 0.6) is 0 Å². The van der Waals surface area contributed by atoms with Gasteiger partial charge in [-0.05, 0) is 67.2 Å². The number of pyridine rings is 1. The Kier molecular flexibility index (Phi) is 9.14. The van der Waals surface area contributed by atoms with E-state index in [1.54, 1.807) is 6.20 Å². The highest BCUT2D eigenvalue weighted by Gasteiger charge is 2.30. The number of nitrogens with zero attached hydrogens (tertiary/aromatic N) is 1. The first kappa shape index (κ1) is 27.3. The van der Waals surface area contributed by atoms with Crippen LogP contribution in [-0.4, -0.2) is 41.8 Å². The molecular formula is C26H30F3N5O2. The van der Waals surface area contributed by atoms with E-state index in [1.165, 1.54) is 12.1 Å². The quantitative estimate of drug-likeness (QED) is 0.318. The Morgan fingerprint density at radius 2 is 1.64 bits per heavy atom. The number of carbonyl (C=O) groups excluding carboxylic acids is 2. The number of aromatic nitrogens is 1. The summed E-state index contributed by atoms with van der Waals surface area (Å²) in [5.41, 5.74) is 18.4. The van der Waals surface area contributed by atoms with E-state index < -0.39 is 29.7 Å². The van der Waals surface area contributed by atoms with Gasteiger partial charge in [-0.1, -0.05) is 30.3 Å². The number of rotatable bonds is 11. The number of nitrogens with two attached hydrogens (primary N) is 3. The second kappa shape index (κ2) is 12.1. The molecular weight excluding hydrogens is 471 g/mol. The van der Waals surface area contributed by atoms with Gasteiger partial charge < -0.3 is 22.5 Å². The molecule has 3 rings (SSSR count). The third-order valence-corrected chi connectivity index (χ3v) is 6.04. The van der Waals surface area contributed by atoms with Gasteiger partial charge in [-0.2, -0.15) is 13.2 Å². The number of halogens is 3. The summed E-state index contributed by atoms with van der Waals surface area (Å²) >= 11 is 0. The lowest BCUT2D eigenvalue weighted by Crippen LogP contribution is -2.50. The minimum Gasteiger partial charge on any atom is -0.345 e. The summed E-state index contributed by atoms with van der Waals surface area (Å²) in [6.45, 7) is 0.528. The van der Waals surface area contributed by atoms with Crippen molar-refractivity contribution in [2.45, 2.75) is 37.5 Å². The zero-order valence-corrected chi connectivity index (χ0v) is 19.7. The number of Topliss-reactive ketones (excluding diaryl/α,β-unsaturated/α-hetero) is 1. The van der Waals surface area contributed by atoms with Crippen LogP contribution >= 0.6 is 0 Å². The lowest BCUT2D eigenvalue weighted by Gasteiger charge is -2.22. The van der Waals surface area contributed by atoms with E-state index in [-0.39, 0.29) is 44.1 Å². The van der Waals surface area contributed by atoms with E-state index in [0.29, 0.717) is 11.1 Å². The van der Waals surface area contributed by atoms with Crippen LogP contribution in [0.25, 0.3) is 10.9 Å². The van der Waals surface area contributed by atoms with Crippen LogP contribution in [0, 0.1) is 5.92 Å². The van der Waals surface area contributed by atoms with Crippen LogP contribution in [0.4, 0.5) is 13.2 Å². The Balaban J connectivity index is 1.79. The third kappa shape index (κ3) is 7.33. The summed E-state index contributed by atoms with van der Waals surface area (Å²) in [7, 11) is 0. The van der Waals surface area contributed by atoms with Crippen LogP contribution in [0.1, 0.15) is 23.1 Å². The van der Waals surface area contributed by atoms with Crippen LogP contribution in [-0.2, 0) is 28.6 Å². The molecule has 1 amide bonds. The zero-order chi connectivity index (χ0) is 26.3. The molecule has 2 atom stereocenters. The maximum Gasteiger partial charge on any atom is 0.416 e. The van der Waals surface area contributed by atoms with Gasteiger partial charge in [-0.3, -0.25) is 14.6 Å². The summed E-state index contributed by atoms with van der Waals surface area (Å²) in [5, 5.41) is 3.55. The van der Waals surface area contributed by atoms with Crippen LogP contribution in [0.15, 0.2) is 60.8 Å². The summed E-state index contributed by atoms with van der Waals surface area (Å²) in [5.74, 6) is -1.02. The molecule has 0 unspecified atom stereocenters. The molecule has 0 aliphatic heterocycles. The highest BCUT2D eigenvalue weighted by molar-refractivity contribution is 5.92.